The molecule has 0 bridgehead atoms. The second-order valence-corrected chi connectivity index (χ2v) is 9.11. The van der Waals surface area contributed by atoms with Crippen LogP contribution in [0.15, 0.2) is 57.8 Å². The molecule has 3 aromatic rings. The van der Waals surface area contributed by atoms with Crippen molar-refractivity contribution in [2.45, 2.75) is 24.2 Å². The van der Waals surface area contributed by atoms with Crippen LogP contribution >= 0.6 is 11.6 Å². The Balaban J connectivity index is 1.56. The van der Waals surface area contributed by atoms with Gasteiger partial charge in [0, 0.05) is 29.2 Å². The van der Waals surface area contributed by atoms with Crippen LogP contribution in [0.4, 0.5) is 5.69 Å². The van der Waals surface area contributed by atoms with E-state index < -0.39 is 15.9 Å². The Morgan fingerprint density at radius 1 is 1.04 bits per heavy atom. The number of halogens is 1. The molecule has 1 aromatic heterocycles. The van der Waals surface area contributed by atoms with Crippen LogP contribution in [-0.2, 0) is 10.0 Å². The lowest BCUT2D eigenvalue weighted by molar-refractivity contribution is 0.0998. The molecule has 0 saturated carbocycles. The first-order valence-electron chi connectivity index (χ1n) is 9.04. The molecule has 28 heavy (non-hydrogen) atoms. The molecule has 1 aliphatic heterocycles. The monoisotopic (exact) mass is 418 g/mol. The summed E-state index contributed by atoms with van der Waals surface area (Å²) in [4.78, 5) is 12.7. The van der Waals surface area contributed by atoms with E-state index in [9.17, 15) is 13.2 Å². The summed E-state index contributed by atoms with van der Waals surface area (Å²) in [6.07, 6.45) is 2.78. The molecule has 0 aliphatic carbocycles. The fraction of sp³-hybridized carbons (Fsp3) is 0.250. The van der Waals surface area contributed by atoms with Gasteiger partial charge in [0.1, 0.15) is 5.58 Å². The van der Waals surface area contributed by atoms with Crippen molar-refractivity contribution in [2.24, 2.45) is 0 Å². The van der Waals surface area contributed by atoms with Crippen LogP contribution in [0.3, 0.4) is 0 Å². The molecule has 0 unspecified atom stereocenters. The van der Waals surface area contributed by atoms with Gasteiger partial charge in [0.05, 0.1) is 4.90 Å². The molecule has 0 spiro atoms. The van der Waals surface area contributed by atoms with Crippen LogP contribution in [0.2, 0.25) is 5.02 Å². The Morgan fingerprint density at radius 2 is 1.82 bits per heavy atom. The second-order valence-electron chi connectivity index (χ2n) is 6.74. The lowest BCUT2D eigenvalue weighted by atomic mass is 10.2. The molecule has 6 nitrogen and oxygen atoms in total. The highest BCUT2D eigenvalue weighted by atomic mass is 35.5. The minimum atomic E-state index is -3.57. The van der Waals surface area contributed by atoms with Crippen molar-refractivity contribution in [1.82, 2.24) is 4.31 Å². The third kappa shape index (κ3) is 3.78. The van der Waals surface area contributed by atoms with Crippen LogP contribution < -0.4 is 5.32 Å². The van der Waals surface area contributed by atoms with E-state index in [1.54, 1.807) is 42.5 Å². The third-order valence-corrected chi connectivity index (χ3v) is 6.88. The zero-order chi connectivity index (χ0) is 19.7. The molecule has 146 valence electrons. The minimum Gasteiger partial charge on any atom is -0.451 e. The summed E-state index contributed by atoms with van der Waals surface area (Å²) < 4.78 is 32.7. The number of rotatable bonds is 4. The summed E-state index contributed by atoms with van der Waals surface area (Å²) >= 11 is 5.96. The third-order valence-electron chi connectivity index (χ3n) is 4.75. The number of nitrogens with one attached hydrogen (secondary N) is 1. The summed E-state index contributed by atoms with van der Waals surface area (Å²) in [5.41, 5.74) is 0.942. The van der Waals surface area contributed by atoms with Gasteiger partial charge in [-0.1, -0.05) is 24.1 Å². The van der Waals surface area contributed by atoms with Crippen LogP contribution in [-0.4, -0.2) is 31.7 Å². The number of carbonyl (C=O) groups is 1. The smallest absolute Gasteiger partial charge is 0.291 e. The Kier molecular flexibility index (Phi) is 5.14. The lowest BCUT2D eigenvalue weighted by Gasteiger charge is -2.26. The zero-order valence-corrected chi connectivity index (χ0v) is 16.6. The number of anilines is 1. The minimum absolute atomic E-state index is 0.126. The fourth-order valence-electron chi connectivity index (χ4n) is 3.31. The van der Waals surface area contributed by atoms with Gasteiger partial charge in [-0.3, -0.25) is 4.79 Å². The summed E-state index contributed by atoms with van der Waals surface area (Å²) in [6, 6.07) is 13.0. The largest absolute Gasteiger partial charge is 0.451 e. The van der Waals surface area contributed by atoms with Gasteiger partial charge in [0.25, 0.3) is 5.91 Å². The summed E-state index contributed by atoms with van der Waals surface area (Å²) in [5.74, 6) is -0.332. The summed E-state index contributed by atoms with van der Waals surface area (Å²) in [7, 11) is -3.57. The number of piperidine rings is 1. The first kappa shape index (κ1) is 19.0. The number of carbonyl (C=O) groups excluding carboxylic acids is 1. The molecule has 0 atom stereocenters. The maximum atomic E-state index is 12.8. The number of hydrogen-bond acceptors (Lipinski definition) is 4. The highest BCUT2D eigenvalue weighted by Gasteiger charge is 2.26. The van der Waals surface area contributed by atoms with E-state index in [0.29, 0.717) is 29.4 Å². The number of fused-ring (bicyclic) bond motifs is 1. The number of furan rings is 1. The molecule has 8 heteroatoms. The van der Waals surface area contributed by atoms with E-state index in [2.05, 4.69) is 5.32 Å². The first-order chi connectivity index (χ1) is 13.4. The number of benzene rings is 2. The highest BCUT2D eigenvalue weighted by molar-refractivity contribution is 7.89. The quantitative estimate of drug-likeness (QED) is 0.675. The Labute approximate surface area is 168 Å². The van der Waals surface area contributed by atoms with E-state index in [-0.39, 0.29) is 10.7 Å². The normalized spacial score (nSPS) is 15.6. The van der Waals surface area contributed by atoms with Gasteiger partial charge in [-0.05, 0) is 55.3 Å². The van der Waals surface area contributed by atoms with Crippen molar-refractivity contribution in [2.75, 3.05) is 18.4 Å². The van der Waals surface area contributed by atoms with Crippen molar-refractivity contribution in [1.29, 1.82) is 0 Å². The Morgan fingerprint density at radius 3 is 2.61 bits per heavy atom. The molecule has 1 N–H and O–H groups in total. The molecule has 1 fully saturated rings. The van der Waals surface area contributed by atoms with Crippen LogP contribution in [0, 0.1) is 0 Å². The number of amides is 1. The first-order valence-corrected chi connectivity index (χ1v) is 10.9. The molecular formula is C20H19ClN2O4S. The van der Waals surface area contributed by atoms with Gasteiger partial charge in [-0.25, -0.2) is 8.42 Å². The molecule has 1 aliphatic rings. The van der Waals surface area contributed by atoms with E-state index in [4.69, 9.17) is 16.0 Å². The SMILES string of the molecule is O=C(Nc1cccc(S(=O)(=O)N2CCCCC2)c1)c1cc2cc(Cl)ccc2o1. The van der Waals surface area contributed by atoms with E-state index in [1.165, 1.54) is 10.4 Å². The fourth-order valence-corrected chi connectivity index (χ4v) is 5.05. The Hall–Kier alpha value is -2.35. The van der Waals surface area contributed by atoms with E-state index >= 15 is 0 Å². The topological polar surface area (TPSA) is 79.6 Å². The molecule has 2 aromatic carbocycles. The average Bonchev–Trinajstić information content (AvgIpc) is 3.12. The molecule has 2 heterocycles. The average molecular weight is 419 g/mol. The summed E-state index contributed by atoms with van der Waals surface area (Å²) in [5, 5.41) is 3.97. The molecule has 0 radical (unpaired) electrons. The highest BCUT2D eigenvalue weighted by Crippen LogP contribution is 2.25. The van der Waals surface area contributed by atoms with Gasteiger partial charge < -0.3 is 9.73 Å². The number of hydrogen-bond donors (Lipinski definition) is 1. The predicted molar refractivity (Wildman–Crippen MR) is 108 cm³/mol. The Bertz CT molecular complexity index is 1130. The van der Waals surface area contributed by atoms with Gasteiger partial charge in [0.2, 0.25) is 10.0 Å². The van der Waals surface area contributed by atoms with Gasteiger partial charge in [0.15, 0.2) is 5.76 Å². The molecule has 1 saturated heterocycles. The van der Waals surface area contributed by atoms with Crippen molar-refractivity contribution < 1.29 is 17.6 Å². The van der Waals surface area contributed by atoms with Crippen LogP contribution in [0.5, 0.6) is 0 Å². The molecule has 1 amide bonds. The van der Waals surface area contributed by atoms with Crippen molar-refractivity contribution in [3.63, 3.8) is 0 Å². The zero-order valence-electron chi connectivity index (χ0n) is 15.0. The van der Waals surface area contributed by atoms with Gasteiger partial charge >= 0.3 is 0 Å². The number of nitrogens with zero attached hydrogens (tertiary/aromatic N) is 1. The van der Waals surface area contributed by atoms with Gasteiger partial charge in [-0.2, -0.15) is 4.31 Å². The molecular weight excluding hydrogens is 400 g/mol. The van der Waals surface area contributed by atoms with E-state index in [1.807, 2.05) is 0 Å². The van der Waals surface area contributed by atoms with Crippen molar-refractivity contribution in [3.05, 3.63) is 59.3 Å². The summed E-state index contributed by atoms with van der Waals surface area (Å²) in [6.45, 7) is 1.06. The van der Waals surface area contributed by atoms with Crippen LogP contribution in [0.25, 0.3) is 11.0 Å². The second kappa shape index (κ2) is 7.58. The van der Waals surface area contributed by atoms with Crippen LogP contribution in [0.1, 0.15) is 29.8 Å². The maximum absolute atomic E-state index is 12.8. The lowest BCUT2D eigenvalue weighted by Crippen LogP contribution is -2.35. The van der Waals surface area contributed by atoms with Gasteiger partial charge in [-0.15, -0.1) is 0 Å². The van der Waals surface area contributed by atoms with Crippen molar-refractivity contribution in [3.8, 4) is 0 Å². The predicted octanol–water partition coefficient (Wildman–Crippen LogP) is 4.51. The standard InChI is InChI=1S/C20H19ClN2O4S/c21-15-7-8-18-14(11-15)12-19(27-18)20(24)22-16-5-4-6-17(13-16)28(25,26)23-9-2-1-3-10-23/h4-8,11-13H,1-3,9-10H2,(H,22,24). The number of sulfonamides is 1. The molecule has 4 rings (SSSR count). The maximum Gasteiger partial charge on any atom is 0.291 e. The van der Waals surface area contributed by atoms with E-state index in [0.717, 1.165) is 24.6 Å². The van der Waals surface area contributed by atoms with Crippen molar-refractivity contribution >= 4 is 44.2 Å².